The van der Waals surface area contributed by atoms with Crippen LogP contribution >= 0.6 is 12.4 Å². The number of likely N-dealkylation sites (tertiary alicyclic amines) is 1. The van der Waals surface area contributed by atoms with Crippen LogP contribution in [0.1, 0.15) is 25.7 Å². The summed E-state index contributed by atoms with van der Waals surface area (Å²) >= 11 is 0. The first kappa shape index (κ1) is 20.0. The average Bonchev–Trinajstić information content (AvgIpc) is 2.46. The molecule has 0 aliphatic carbocycles. The first-order valence-corrected chi connectivity index (χ1v) is 7.63. The molecule has 0 spiro atoms. The fourth-order valence-corrected chi connectivity index (χ4v) is 3.23. The van der Waals surface area contributed by atoms with Crippen LogP contribution in [0.2, 0.25) is 0 Å². The van der Waals surface area contributed by atoms with Gasteiger partial charge in [-0.2, -0.15) is 13.2 Å². The Hall–Kier alpha value is -1.02. The normalized spacial score (nSPS) is 28.8. The highest BCUT2D eigenvalue weighted by molar-refractivity contribution is 6.00. The van der Waals surface area contributed by atoms with Crippen LogP contribution in [0.5, 0.6) is 0 Å². The van der Waals surface area contributed by atoms with E-state index in [0.717, 1.165) is 19.4 Å². The zero-order valence-corrected chi connectivity index (χ0v) is 13.8. The van der Waals surface area contributed by atoms with Gasteiger partial charge in [-0.15, -0.1) is 12.4 Å². The van der Waals surface area contributed by atoms with Crippen molar-refractivity contribution in [3.63, 3.8) is 0 Å². The molecule has 5 nitrogen and oxygen atoms in total. The number of piperidine rings is 2. The number of carbonyl (C=O) groups is 2. The minimum Gasteiger partial charge on any atom is -0.344 e. The van der Waals surface area contributed by atoms with Crippen molar-refractivity contribution in [2.75, 3.05) is 26.7 Å². The second kappa shape index (κ2) is 8.19. The summed E-state index contributed by atoms with van der Waals surface area (Å²) in [5.41, 5.74) is 0. The Kier molecular flexibility index (Phi) is 7.13. The Balaban J connectivity index is 0.00000264. The van der Waals surface area contributed by atoms with E-state index >= 15 is 0 Å². The number of nitrogens with one attached hydrogen (secondary N) is 2. The van der Waals surface area contributed by atoms with Crippen molar-refractivity contribution < 1.29 is 22.8 Å². The van der Waals surface area contributed by atoms with E-state index in [1.54, 1.807) is 4.90 Å². The van der Waals surface area contributed by atoms with Gasteiger partial charge in [0, 0.05) is 13.1 Å². The lowest BCUT2D eigenvalue weighted by Crippen LogP contribution is -2.56. The Morgan fingerprint density at radius 1 is 1.35 bits per heavy atom. The van der Waals surface area contributed by atoms with Crippen molar-refractivity contribution in [3.05, 3.63) is 0 Å². The first-order chi connectivity index (χ1) is 10.3. The second-order valence-electron chi connectivity index (χ2n) is 6.08. The van der Waals surface area contributed by atoms with Crippen molar-refractivity contribution in [2.24, 2.45) is 11.8 Å². The Labute approximate surface area is 139 Å². The van der Waals surface area contributed by atoms with Crippen molar-refractivity contribution in [1.82, 2.24) is 15.5 Å². The third-order valence-electron chi connectivity index (χ3n) is 4.39. The molecule has 2 aliphatic heterocycles. The third-order valence-corrected chi connectivity index (χ3v) is 4.39. The van der Waals surface area contributed by atoms with Gasteiger partial charge in [0.1, 0.15) is 12.0 Å². The van der Waals surface area contributed by atoms with Crippen molar-refractivity contribution >= 4 is 24.2 Å². The molecule has 0 saturated carbocycles. The topological polar surface area (TPSA) is 61.4 Å². The fourth-order valence-electron chi connectivity index (χ4n) is 3.23. The number of halogens is 4. The van der Waals surface area contributed by atoms with Crippen LogP contribution in [0, 0.1) is 11.8 Å². The molecule has 2 rings (SSSR count). The lowest BCUT2D eigenvalue weighted by Gasteiger charge is -2.37. The molecule has 0 aromatic heterocycles. The van der Waals surface area contributed by atoms with Crippen LogP contribution in [-0.2, 0) is 9.59 Å². The van der Waals surface area contributed by atoms with Gasteiger partial charge >= 0.3 is 6.18 Å². The smallest absolute Gasteiger partial charge is 0.344 e. The average molecular weight is 358 g/mol. The fraction of sp³-hybridized carbons (Fsp3) is 0.857. The Morgan fingerprint density at radius 2 is 2.04 bits per heavy atom. The van der Waals surface area contributed by atoms with Gasteiger partial charge < -0.3 is 15.5 Å². The quantitative estimate of drug-likeness (QED) is 0.749. The van der Waals surface area contributed by atoms with E-state index in [1.165, 1.54) is 0 Å². The summed E-state index contributed by atoms with van der Waals surface area (Å²) in [4.78, 5) is 25.9. The molecule has 0 aromatic carbocycles. The van der Waals surface area contributed by atoms with Gasteiger partial charge in [0.25, 0.3) is 0 Å². The van der Waals surface area contributed by atoms with Crippen molar-refractivity contribution in [3.8, 4) is 0 Å². The van der Waals surface area contributed by atoms with Gasteiger partial charge in [-0.05, 0) is 45.2 Å². The first-order valence-electron chi connectivity index (χ1n) is 7.63. The van der Waals surface area contributed by atoms with E-state index in [9.17, 15) is 22.8 Å². The third kappa shape index (κ3) is 4.97. The molecule has 2 heterocycles. The van der Waals surface area contributed by atoms with E-state index in [1.807, 2.05) is 12.4 Å². The second-order valence-corrected chi connectivity index (χ2v) is 6.08. The monoisotopic (exact) mass is 357 g/mol. The number of nitrogens with zero attached hydrogens (tertiary/aromatic N) is 1. The number of hydrogen-bond donors (Lipinski definition) is 2. The van der Waals surface area contributed by atoms with E-state index < -0.39 is 24.0 Å². The summed E-state index contributed by atoms with van der Waals surface area (Å²) in [6.07, 6.45) is -2.86. The number of alkyl halides is 3. The van der Waals surface area contributed by atoms with Gasteiger partial charge in [0.15, 0.2) is 0 Å². The molecule has 2 fully saturated rings. The van der Waals surface area contributed by atoms with Gasteiger partial charge in [0.05, 0.1) is 0 Å². The van der Waals surface area contributed by atoms with E-state index in [4.69, 9.17) is 0 Å². The van der Waals surface area contributed by atoms with Crippen LogP contribution in [0.15, 0.2) is 0 Å². The summed E-state index contributed by atoms with van der Waals surface area (Å²) in [7, 11) is 1.84. The summed E-state index contributed by atoms with van der Waals surface area (Å²) in [5.74, 6) is -1.78. The highest BCUT2D eigenvalue weighted by Crippen LogP contribution is 2.29. The minimum atomic E-state index is -4.45. The molecule has 3 atom stereocenters. The lowest BCUT2D eigenvalue weighted by atomic mass is 9.90. The maximum absolute atomic E-state index is 12.6. The van der Waals surface area contributed by atoms with Crippen LogP contribution < -0.4 is 10.6 Å². The van der Waals surface area contributed by atoms with Crippen molar-refractivity contribution in [2.45, 2.75) is 37.9 Å². The maximum Gasteiger partial charge on any atom is 0.408 e. The highest BCUT2D eigenvalue weighted by atomic mass is 35.5. The molecule has 0 radical (unpaired) electrons. The number of carbonyl (C=O) groups excluding carboxylic acids is 2. The number of amides is 2. The molecule has 9 heteroatoms. The van der Waals surface area contributed by atoms with Gasteiger partial charge in [-0.3, -0.25) is 9.59 Å². The molecular formula is C14H23ClF3N3O2. The maximum atomic E-state index is 12.6. The molecule has 134 valence electrons. The molecule has 0 bridgehead atoms. The van der Waals surface area contributed by atoms with Crippen LogP contribution in [0.4, 0.5) is 13.2 Å². The van der Waals surface area contributed by atoms with Crippen molar-refractivity contribution in [1.29, 1.82) is 0 Å². The van der Waals surface area contributed by atoms with Crippen LogP contribution in [-0.4, -0.2) is 55.6 Å². The molecule has 2 N–H and O–H groups in total. The molecular weight excluding hydrogens is 335 g/mol. The standard InChI is InChI=1S/C14H22F3N3O2.ClH/c1-18-7-9-3-2-6-20(8-9)13(22)10-4-5-11(14(15,16)17)19-12(10)21;/h9-11,18H,2-8H2,1H3,(H,19,21);1H. The predicted octanol–water partition coefficient (Wildman–Crippen LogP) is 1.32. The predicted molar refractivity (Wildman–Crippen MR) is 81.2 cm³/mol. The molecule has 3 unspecified atom stereocenters. The molecule has 23 heavy (non-hydrogen) atoms. The van der Waals surface area contributed by atoms with E-state index in [0.29, 0.717) is 19.0 Å². The summed E-state index contributed by atoms with van der Waals surface area (Å²) in [5, 5.41) is 5.00. The zero-order valence-electron chi connectivity index (χ0n) is 13.0. The molecule has 2 saturated heterocycles. The SMILES string of the molecule is CNCC1CCCN(C(=O)C2CCC(C(F)(F)F)NC2=O)C1.Cl. The number of rotatable bonds is 3. The van der Waals surface area contributed by atoms with E-state index in [2.05, 4.69) is 5.32 Å². The lowest BCUT2D eigenvalue weighted by molar-refractivity contribution is -0.172. The molecule has 2 aliphatic rings. The highest BCUT2D eigenvalue weighted by Gasteiger charge is 2.46. The Morgan fingerprint density at radius 3 is 2.61 bits per heavy atom. The zero-order chi connectivity index (χ0) is 16.3. The van der Waals surface area contributed by atoms with Crippen LogP contribution in [0.3, 0.4) is 0 Å². The summed E-state index contributed by atoms with van der Waals surface area (Å²) in [6, 6.07) is -1.83. The van der Waals surface area contributed by atoms with Gasteiger partial charge in [0.2, 0.25) is 11.8 Å². The van der Waals surface area contributed by atoms with Crippen LogP contribution in [0.25, 0.3) is 0 Å². The van der Waals surface area contributed by atoms with E-state index in [-0.39, 0.29) is 31.2 Å². The Bertz CT molecular complexity index is 432. The largest absolute Gasteiger partial charge is 0.408 e. The number of hydrogen-bond acceptors (Lipinski definition) is 3. The minimum absolute atomic E-state index is 0. The molecule has 2 amide bonds. The van der Waals surface area contributed by atoms with Gasteiger partial charge in [-0.1, -0.05) is 0 Å². The molecule has 0 aromatic rings. The summed E-state index contributed by atoms with van der Waals surface area (Å²) in [6.45, 7) is 1.93. The summed E-state index contributed by atoms with van der Waals surface area (Å²) < 4.78 is 37.8. The van der Waals surface area contributed by atoms with Gasteiger partial charge in [-0.25, -0.2) is 0 Å².